The summed E-state index contributed by atoms with van der Waals surface area (Å²) in [6.07, 6.45) is 2.65. The highest BCUT2D eigenvalue weighted by molar-refractivity contribution is 7.13. The van der Waals surface area contributed by atoms with E-state index in [1.54, 1.807) is 18.4 Å². The normalized spacial score (nSPS) is 16.6. The van der Waals surface area contributed by atoms with Crippen molar-refractivity contribution in [3.8, 4) is 16.5 Å². The predicted octanol–water partition coefficient (Wildman–Crippen LogP) is 3.94. The van der Waals surface area contributed by atoms with Crippen LogP contribution in [-0.4, -0.2) is 47.9 Å². The Bertz CT molecular complexity index is 924. The minimum absolute atomic E-state index is 0.0405. The van der Waals surface area contributed by atoms with Crippen molar-refractivity contribution < 1.29 is 13.9 Å². The summed E-state index contributed by atoms with van der Waals surface area (Å²) in [5, 5.41) is 13.4. The number of thiophene rings is 1. The second-order valence-corrected chi connectivity index (χ2v) is 7.99. The van der Waals surface area contributed by atoms with Crippen LogP contribution in [0.15, 0.2) is 46.2 Å². The highest BCUT2D eigenvalue weighted by atomic mass is 32.1. The molecule has 1 fully saturated rings. The first-order chi connectivity index (χ1) is 14.2. The first kappa shape index (κ1) is 19.4. The minimum Gasteiger partial charge on any atom is -0.497 e. The van der Waals surface area contributed by atoms with Crippen LogP contribution in [0.5, 0.6) is 5.75 Å². The number of piperidine rings is 1. The zero-order chi connectivity index (χ0) is 20.1. The molecule has 0 spiro atoms. The molecule has 29 heavy (non-hydrogen) atoms. The molecule has 152 valence electrons. The molecule has 8 heteroatoms. The molecule has 0 aliphatic carbocycles. The van der Waals surface area contributed by atoms with Gasteiger partial charge in [-0.3, -0.25) is 0 Å². The highest BCUT2D eigenvalue weighted by Crippen LogP contribution is 2.29. The SMILES string of the molecule is COc1ccc(CCNC(=O)N2CCC[C@H](c3nnc(-c4cccs4)o3)C2)cc1. The monoisotopic (exact) mass is 412 g/mol. The average Bonchev–Trinajstić information content (AvgIpc) is 3.46. The van der Waals surface area contributed by atoms with Crippen LogP contribution in [0.4, 0.5) is 4.79 Å². The number of carbonyl (C=O) groups is 1. The summed E-state index contributed by atoms with van der Waals surface area (Å²) >= 11 is 1.57. The number of carbonyl (C=O) groups excluding carboxylic acids is 1. The maximum absolute atomic E-state index is 12.6. The molecule has 0 radical (unpaired) electrons. The molecule has 4 rings (SSSR count). The molecule has 3 aromatic rings. The fourth-order valence-electron chi connectivity index (χ4n) is 3.48. The van der Waals surface area contributed by atoms with Gasteiger partial charge in [0.2, 0.25) is 5.89 Å². The highest BCUT2D eigenvalue weighted by Gasteiger charge is 2.28. The second kappa shape index (κ2) is 9.09. The van der Waals surface area contributed by atoms with Crippen LogP contribution in [0.1, 0.15) is 30.2 Å². The maximum atomic E-state index is 12.6. The zero-order valence-corrected chi connectivity index (χ0v) is 17.2. The van der Waals surface area contributed by atoms with Crippen molar-refractivity contribution in [3.63, 3.8) is 0 Å². The van der Waals surface area contributed by atoms with E-state index in [4.69, 9.17) is 9.15 Å². The van der Waals surface area contributed by atoms with Crippen LogP contribution in [0.2, 0.25) is 0 Å². The molecule has 3 heterocycles. The van der Waals surface area contributed by atoms with Crippen LogP contribution in [0.3, 0.4) is 0 Å². The van der Waals surface area contributed by atoms with E-state index in [0.29, 0.717) is 24.9 Å². The van der Waals surface area contributed by atoms with E-state index in [1.807, 2.05) is 46.7 Å². The van der Waals surface area contributed by atoms with E-state index in [1.165, 1.54) is 0 Å². The van der Waals surface area contributed by atoms with Crippen molar-refractivity contribution in [2.75, 3.05) is 26.7 Å². The Labute approximate surface area is 173 Å². The third-order valence-electron chi connectivity index (χ3n) is 5.08. The molecule has 7 nitrogen and oxygen atoms in total. The molecule has 1 atom stereocenters. The number of methoxy groups -OCH3 is 1. The third-order valence-corrected chi connectivity index (χ3v) is 5.94. The Morgan fingerprint density at radius 3 is 2.93 bits per heavy atom. The van der Waals surface area contributed by atoms with E-state index in [0.717, 1.165) is 42.0 Å². The fourth-order valence-corrected chi connectivity index (χ4v) is 4.12. The number of rotatable bonds is 6. The van der Waals surface area contributed by atoms with Gasteiger partial charge in [-0.15, -0.1) is 21.5 Å². The lowest BCUT2D eigenvalue weighted by molar-refractivity contribution is 0.174. The number of hydrogen-bond donors (Lipinski definition) is 1. The van der Waals surface area contributed by atoms with Crippen LogP contribution < -0.4 is 10.1 Å². The summed E-state index contributed by atoms with van der Waals surface area (Å²) in [5.74, 6) is 2.08. The molecule has 0 bridgehead atoms. The molecular formula is C21H24N4O3S. The van der Waals surface area contributed by atoms with E-state index in [2.05, 4.69) is 15.5 Å². The number of ether oxygens (including phenoxy) is 1. The summed E-state index contributed by atoms with van der Waals surface area (Å²) in [7, 11) is 1.65. The summed E-state index contributed by atoms with van der Waals surface area (Å²) in [4.78, 5) is 15.4. The zero-order valence-electron chi connectivity index (χ0n) is 16.3. The van der Waals surface area contributed by atoms with Crippen LogP contribution in [-0.2, 0) is 6.42 Å². The van der Waals surface area contributed by atoms with Crippen LogP contribution in [0.25, 0.3) is 10.8 Å². The Balaban J connectivity index is 1.29. The minimum atomic E-state index is -0.0405. The lowest BCUT2D eigenvalue weighted by Gasteiger charge is -2.31. The van der Waals surface area contributed by atoms with Gasteiger partial charge in [-0.2, -0.15) is 0 Å². The summed E-state index contributed by atoms with van der Waals surface area (Å²) in [6.45, 7) is 1.94. The molecule has 1 aliphatic heterocycles. The lowest BCUT2D eigenvalue weighted by Crippen LogP contribution is -2.45. The fraction of sp³-hybridized carbons (Fsp3) is 0.381. The molecule has 1 aromatic carbocycles. The molecule has 1 aliphatic rings. The van der Waals surface area contributed by atoms with E-state index in [9.17, 15) is 4.79 Å². The van der Waals surface area contributed by atoms with Gasteiger partial charge in [-0.25, -0.2) is 4.79 Å². The van der Waals surface area contributed by atoms with E-state index in [-0.39, 0.29) is 11.9 Å². The van der Waals surface area contributed by atoms with Gasteiger partial charge >= 0.3 is 6.03 Å². The molecule has 2 amide bonds. The smallest absolute Gasteiger partial charge is 0.317 e. The molecule has 0 saturated carbocycles. The van der Waals surface area contributed by atoms with Crippen LogP contribution in [0, 0.1) is 0 Å². The molecule has 0 unspecified atom stereocenters. The van der Waals surface area contributed by atoms with Gasteiger partial charge in [-0.1, -0.05) is 18.2 Å². The number of nitrogens with one attached hydrogen (secondary N) is 1. The average molecular weight is 413 g/mol. The van der Waals surface area contributed by atoms with Gasteiger partial charge in [0.25, 0.3) is 5.89 Å². The summed E-state index contributed by atoms with van der Waals surface area (Å²) in [5.41, 5.74) is 1.16. The van der Waals surface area contributed by atoms with Gasteiger partial charge in [0, 0.05) is 19.6 Å². The number of aromatic nitrogens is 2. The van der Waals surface area contributed by atoms with E-state index < -0.39 is 0 Å². The number of urea groups is 1. The van der Waals surface area contributed by atoms with Crippen molar-refractivity contribution in [1.82, 2.24) is 20.4 Å². The van der Waals surface area contributed by atoms with Gasteiger partial charge in [0.15, 0.2) is 0 Å². The van der Waals surface area contributed by atoms with Gasteiger partial charge in [-0.05, 0) is 48.4 Å². The van der Waals surface area contributed by atoms with Crippen molar-refractivity contribution in [3.05, 3.63) is 53.2 Å². The van der Waals surface area contributed by atoms with E-state index >= 15 is 0 Å². The van der Waals surface area contributed by atoms with Gasteiger partial charge in [0.05, 0.1) is 17.9 Å². The Kier molecular flexibility index (Phi) is 6.09. The Hall–Kier alpha value is -2.87. The number of benzene rings is 1. The molecule has 1 N–H and O–H groups in total. The second-order valence-electron chi connectivity index (χ2n) is 7.04. The van der Waals surface area contributed by atoms with Crippen LogP contribution >= 0.6 is 11.3 Å². The molecule has 1 saturated heterocycles. The molecular weight excluding hydrogens is 388 g/mol. The van der Waals surface area contributed by atoms with Gasteiger partial charge in [0.1, 0.15) is 5.75 Å². The number of amides is 2. The third kappa shape index (κ3) is 4.76. The Morgan fingerprint density at radius 2 is 2.17 bits per heavy atom. The lowest BCUT2D eigenvalue weighted by atomic mass is 9.98. The summed E-state index contributed by atoms with van der Waals surface area (Å²) in [6, 6.07) is 11.8. The largest absolute Gasteiger partial charge is 0.497 e. The number of likely N-dealkylation sites (tertiary alicyclic amines) is 1. The first-order valence-electron chi connectivity index (χ1n) is 9.76. The number of hydrogen-bond acceptors (Lipinski definition) is 6. The predicted molar refractivity (Wildman–Crippen MR) is 111 cm³/mol. The first-order valence-corrected chi connectivity index (χ1v) is 10.6. The number of nitrogens with zero attached hydrogens (tertiary/aromatic N) is 3. The maximum Gasteiger partial charge on any atom is 0.317 e. The van der Waals surface area contributed by atoms with Gasteiger partial charge < -0.3 is 19.4 Å². The van der Waals surface area contributed by atoms with Crippen molar-refractivity contribution >= 4 is 17.4 Å². The van der Waals surface area contributed by atoms with Crippen molar-refractivity contribution in [1.29, 1.82) is 0 Å². The molecule has 2 aromatic heterocycles. The standard InChI is InChI=1S/C21H24N4O3S/c1-27-17-8-6-15(7-9-17)10-11-22-21(26)25-12-2-4-16(14-25)19-23-24-20(28-19)18-5-3-13-29-18/h3,5-9,13,16H,2,4,10-12,14H2,1H3,(H,22,26)/t16-/m0/s1. The topological polar surface area (TPSA) is 80.5 Å². The quantitative estimate of drug-likeness (QED) is 0.663. The van der Waals surface area contributed by atoms with Crippen molar-refractivity contribution in [2.24, 2.45) is 0 Å². The van der Waals surface area contributed by atoms with Crippen molar-refractivity contribution in [2.45, 2.75) is 25.2 Å². The Morgan fingerprint density at radius 1 is 1.31 bits per heavy atom. The summed E-state index contributed by atoms with van der Waals surface area (Å²) < 4.78 is 11.0.